The molecule has 6 nitrogen and oxygen atoms in total. The molecule has 2 atom stereocenters. The first kappa shape index (κ1) is 67.3. The molecule has 0 bridgehead atoms. The van der Waals surface area contributed by atoms with Gasteiger partial charge in [0.25, 0.3) is 0 Å². The van der Waals surface area contributed by atoms with E-state index >= 15 is 0 Å². The smallest absolute Gasteiger partial charge is 0.305 e. The number of hydrogen-bond acceptors (Lipinski definition) is 5. The van der Waals surface area contributed by atoms with Crippen molar-refractivity contribution in [1.29, 1.82) is 0 Å². The van der Waals surface area contributed by atoms with Crippen LogP contribution in [-0.2, 0) is 14.3 Å². The van der Waals surface area contributed by atoms with Crippen LogP contribution in [0.3, 0.4) is 0 Å². The van der Waals surface area contributed by atoms with Crippen LogP contribution in [0.25, 0.3) is 0 Å². The zero-order valence-corrected chi connectivity index (χ0v) is 46.6. The van der Waals surface area contributed by atoms with Crippen LogP contribution >= 0.6 is 0 Å². The molecule has 0 aromatic rings. The number of carbonyl (C=O) groups excluding carboxylic acids is 2. The Bertz CT molecular complexity index is 1080. The molecule has 0 aromatic heterocycles. The van der Waals surface area contributed by atoms with E-state index in [9.17, 15) is 19.8 Å². The molecule has 0 heterocycles. The number of ether oxygens (including phenoxy) is 1. The van der Waals surface area contributed by atoms with Crippen LogP contribution in [0.2, 0.25) is 0 Å². The number of amides is 1. The minimum atomic E-state index is -0.671. The summed E-state index contributed by atoms with van der Waals surface area (Å²) < 4.78 is 5.46. The third kappa shape index (κ3) is 55.5. The topological polar surface area (TPSA) is 95.9 Å². The lowest BCUT2D eigenvalue weighted by molar-refractivity contribution is -0.143. The third-order valence-electron chi connectivity index (χ3n) is 14.5. The zero-order chi connectivity index (χ0) is 50.0. The fourth-order valence-corrected chi connectivity index (χ4v) is 9.73. The van der Waals surface area contributed by atoms with Crippen molar-refractivity contribution >= 4 is 11.9 Å². The van der Waals surface area contributed by atoms with Gasteiger partial charge in [-0.15, -0.1) is 0 Å². The highest BCUT2D eigenvalue weighted by Gasteiger charge is 2.20. The van der Waals surface area contributed by atoms with Gasteiger partial charge in [-0.25, -0.2) is 0 Å². The second kappa shape index (κ2) is 58.9. The van der Waals surface area contributed by atoms with Crippen LogP contribution < -0.4 is 5.32 Å². The van der Waals surface area contributed by atoms with Gasteiger partial charge >= 0.3 is 5.97 Å². The first-order valence-corrected chi connectivity index (χ1v) is 31.1. The van der Waals surface area contributed by atoms with Gasteiger partial charge in [0.2, 0.25) is 5.91 Å². The minimum absolute atomic E-state index is 0.00712. The summed E-state index contributed by atoms with van der Waals surface area (Å²) in [6.07, 6.45) is 71.8. The lowest BCUT2D eigenvalue weighted by atomic mass is 10.0. The summed E-state index contributed by atoms with van der Waals surface area (Å²) in [4.78, 5) is 24.5. The summed E-state index contributed by atoms with van der Waals surface area (Å²) >= 11 is 0. The number of aliphatic hydroxyl groups excluding tert-OH is 2. The van der Waals surface area contributed by atoms with Gasteiger partial charge in [0.15, 0.2) is 0 Å². The van der Waals surface area contributed by atoms with Gasteiger partial charge in [0.05, 0.1) is 25.4 Å². The lowest BCUT2D eigenvalue weighted by Crippen LogP contribution is -2.45. The van der Waals surface area contributed by atoms with Crippen molar-refractivity contribution in [3.05, 3.63) is 24.3 Å². The molecule has 69 heavy (non-hydrogen) atoms. The quantitative estimate of drug-likeness (QED) is 0.0321. The highest BCUT2D eigenvalue weighted by Crippen LogP contribution is 2.18. The summed E-state index contributed by atoms with van der Waals surface area (Å²) in [5.74, 6) is -0.0355. The number of hydrogen-bond donors (Lipinski definition) is 3. The molecule has 408 valence electrons. The van der Waals surface area contributed by atoms with Crippen molar-refractivity contribution in [3.63, 3.8) is 0 Å². The second-order valence-corrected chi connectivity index (χ2v) is 21.4. The van der Waals surface area contributed by atoms with Crippen molar-refractivity contribution in [2.45, 2.75) is 353 Å². The van der Waals surface area contributed by atoms with Gasteiger partial charge in [-0.3, -0.25) is 9.59 Å². The molecule has 0 aliphatic carbocycles. The lowest BCUT2D eigenvalue weighted by Gasteiger charge is -2.22. The second-order valence-electron chi connectivity index (χ2n) is 21.4. The number of rotatable bonds is 58. The number of unbranched alkanes of at least 4 members (excludes halogenated alkanes) is 43. The molecule has 0 rings (SSSR count). The maximum Gasteiger partial charge on any atom is 0.305 e. The Morgan fingerprint density at radius 1 is 0.406 bits per heavy atom. The van der Waals surface area contributed by atoms with Gasteiger partial charge in [0, 0.05) is 12.8 Å². The molecular formula is C63H121NO5. The van der Waals surface area contributed by atoms with E-state index in [-0.39, 0.29) is 18.5 Å². The number of allylic oxidation sites excluding steroid dienone is 4. The number of nitrogens with one attached hydrogen (secondary N) is 1. The fourth-order valence-electron chi connectivity index (χ4n) is 9.73. The van der Waals surface area contributed by atoms with Gasteiger partial charge < -0.3 is 20.3 Å². The van der Waals surface area contributed by atoms with E-state index in [1.54, 1.807) is 0 Å². The summed E-state index contributed by atoms with van der Waals surface area (Å²) in [5.41, 5.74) is 0. The number of aliphatic hydroxyl groups is 2. The van der Waals surface area contributed by atoms with Gasteiger partial charge in [-0.2, -0.15) is 0 Å². The monoisotopic (exact) mass is 972 g/mol. The number of esters is 1. The Kier molecular flexibility index (Phi) is 57.5. The maximum absolute atomic E-state index is 12.5. The Hall–Kier alpha value is -1.66. The van der Waals surface area contributed by atoms with Crippen molar-refractivity contribution in [2.24, 2.45) is 0 Å². The van der Waals surface area contributed by atoms with Crippen LogP contribution in [0.5, 0.6) is 0 Å². The standard InChI is InChI=1S/C63H121NO5/c1-3-5-7-9-11-13-15-16-17-18-26-29-32-36-39-43-47-51-55-61(66)60(59-65)64-62(67)56-52-48-44-40-37-33-30-27-24-22-20-19-21-23-25-28-31-34-38-42-46-50-54-58-69-63(68)57-53-49-45-41-35-14-12-10-8-6-4-2/h19,21-22,24,60-61,65-66H,3-18,20,23,25-59H2,1-2H3,(H,64,67)/b21-19-,24-22-. The molecule has 3 N–H and O–H groups in total. The Morgan fingerprint density at radius 2 is 0.725 bits per heavy atom. The molecule has 0 saturated heterocycles. The number of carbonyl (C=O) groups is 2. The summed E-state index contributed by atoms with van der Waals surface area (Å²) in [7, 11) is 0. The highest BCUT2D eigenvalue weighted by molar-refractivity contribution is 5.76. The largest absolute Gasteiger partial charge is 0.466 e. The third-order valence-corrected chi connectivity index (χ3v) is 14.5. The Balaban J connectivity index is 3.45. The van der Waals surface area contributed by atoms with Gasteiger partial charge in [0.1, 0.15) is 0 Å². The summed E-state index contributed by atoms with van der Waals surface area (Å²) in [6.45, 7) is 4.96. The van der Waals surface area contributed by atoms with E-state index in [0.29, 0.717) is 25.9 Å². The zero-order valence-electron chi connectivity index (χ0n) is 46.6. The summed E-state index contributed by atoms with van der Waals surface area (Å²) in [6, 6.07) is -0.549. The SMILES string of the molecule is CCCCCCCCCCCCCCCCCCCCC(O)C(CO)NC(=O)CCCCCCCCC/C=C\C/C=C\CCCCCCCCCCCOC(=O)CCCCCCCCCCCCC. The molecule has 2 unspecified atom stereocenters. The van der Waals surface area contributed by atoms with E-state index in [0.717, 1.165) is 44.9 Å². The van der Waals surface area contributed by atoms with Crippen LogP contribution in [0.15, 0.2) is 24.3 Å². The van der Waals surface area contributed by atoms with Crippen LogP contribution in [0, 0.1) is 0 Å². The van der Waals surface area contributed by atoms with E-state index in [4.69, 9.17) is 4.74 Å². The van der Waals surface area contributed by atoms with E-state index in [2.05, 4.69) is 43.5 Å². The first-order valence-electron chi connectivity index (χ1n) is 31.1. The fraction of sp³-hybridized carbons (Fsp3) is 0.905. The maximum atomic E-state index is 12.5. The Morgan fingerprint density at radius 3 is 1.10 bits per heavy atom. The molecule has 0 radical (unpaired) electrons. The van der Waals surface area contributed by atoms with Crippen molar-refractivity contribution < 1.29 is 24.5 Å². The predicted octanol–water partition coefficient (Wildman–Crippen LogP) is 19.4. The van der Waals surface area contributed by atoms with Crippen molar-refractivity contribution in [2.75, 3.05) is 13.2 Å². The molecule has 0 saturated carbocycles. The molecule has 1 amide bonds. The molecule has 0 spiro atoms. The average Bonchev–Trinajstić information content (AvgIpc) is 3.35. The molecule has 0 fully saturated rings. The van der Waals surface area contributed by atoms with Crippen LogP contribution in [-0.4, -0.2) is 47.4 Å². The van der Waals surface area contributed by atoms with E-state index in [1.807, 2.05) is 0 Å². The van der Waals surface area contributed by atoms with Crippen molar-refractivity contribution in [1.82, 2.24) is 5.32 Å². The molecule has 6 heteroatoms. The molecular weight excluding hydrogens is 851 g/mol. The summed E-state index contributed by atoms with van der Waals surface area (Å²) in [5, 5.41) is 23.3. The predicted molar refractivity (Wildman–Crippen MR) is 301 cm³/mol. The van der Waals surface area contributed by atoms with Gasteiger partial charge in [-0.1, -0.05) is 295 Å². The molecule has 0 aromatic carbocycles. The Labute approximate surface area is 431 Å². The highest BCUT2D eigenvalue weighted by atomic mass is 16.5. The minimum Gasteiger partial charge on any atom is -0.466 e. The van der Waals surface area contributed by atoms with Crippen LogP contribution in [0.1, 0.15) is 341 Å². The average molecular weight is 973 g/mol. The molecule has 0 aliphatic rings. The van der Waals surface area contributed by atoms with E-state index < -0.39 is 12.1 Å². The van der Waals surface area contributed by atoms with Gasteiger partial charge in [-0.05, 0) is 57.8 Å². The first-order chi connectivity index (χ1) is 34.0. The van der Waals surface area contributed by atoms with Crippen LogP contribution in [0.4, 0.5) is 0 Å². The van der Waals surface area contributed by atoms with E-state index in [1.165, 1.54) is 263 Å². The van der Waals surface area contributed by atoms with Crippen molar-refractivity contribution in [3.8, 4) is 0 Å². The molecule has 0 aliphatic heterocycles. The normalized spacial score (nSPS) is 12.7.